The maximum atomic E-state index is 13.7. The van der Waals surface area contributed by atoms with Gasteiger partial charge in [-0.25, -0.2) is 4.57 Å². The van der Waals surface area contributed by atoms with Crippen molar-refractivity contribution in [1.29, 1.82) is 0 Å². The molecule has 0 heterocycles. The van der Waals surface area contributed by atoms with E-state index in [-0.39, 0.29) is 23.9 Å². The van der Waals surface area contributed by atoms with Crippen LogP contribution in [0.15, 0.2) is 0 Å². The molecule has 0 aliphatic rings. The van der Waals surface area contributed by atoms with Crippen molar-refractivity contribution in [1.82, 2.24) is 0 Å². The molecule has 0 saturated heterocycles. The molecule has 0 rings (SSSR count). The molecule has 3 N–H and O–H groups in total. The van der Waals surface area contributed by atoms with Gasteiger partial charge in [0.05, 0.1) is 34.4 Å². The summed E-state index contributed by atoms with van der Waals surface area (Å²) in [5, 5.41) is 18.6. The van der Waals surface area contributed by atoms with Crippen LogP contribution in [0.25, 0.3) is 0 Å². The third-order valence-corrected chi connectivity index (χ3v) is 8.04. The Hall–Kier alpha value is -0.670. The van der Waals surface area contributed by atoms with Crippen molar-refractivity contribution in [3.63, 3.8) is 0 Å². The minimum atomic E-state index is -4.92. The Bertz CT molecular complexity index is 693. The summed E-state index contributed by atoms with van der Waals surface area (Å²) in [7, 11) is 0.468. The van der Waals surface area contributed by atoms with Gasteiger partial charge in [-0.15, -0.1) is 0 Å². The van der Waals surface area contributed by atoms with Crippen molar-refractivity contribution in [2.45, 2.75) is 141 Å². The number of phosphoric ester groups is 1. The molecule has 1 unspecified atom stereocenters. The molecule has 0 aliphatic carbocycles. The van der Waals surface area contributed by atoms with E-state index in [0.717, 1.165) is 51.4 Å². The maximum absolute atomic E-state index is 13.7. The van der Waals surface area contributed by atoms with Crippen LogP contribution in [0.4, 0.5) is 0 Å². The molecule has 0 bridgehead atoms. The summed E-state index contributed by atoms with van der Waals surface area (Å²) in [6.45, 7) is 2.91. The number of unbranched alkanes of at least 4 members (excludes halogenated alkanes) is 14. The number of phosphoric acid groups is 1. The zero-order valence-electron chi connectivity index (χ0n) is 26.2. The number of ketones is 2. The van der Waals surface area contributed by atoms with Crippen molar-refractivity contribution in [2.24, 2.45) is 0 Å². The van der Waals surface area contributed by atoms with Crippen LogP contribution >= 0.6 is 7.82 Å². The lowest BCUT2D eigenvalue weighted by Crippen LogP contribution is -2.59. The minimum Gasteiger partial charge on any atom is -0.394 e. The predicted molar refractivity (Wildman–Crippen MR) is 160 cm³/mol. The fourth-order valence-electron chi connectivity index (χ4n) is 4.83. The van der Waals surface area contributed by atoms with Crippen molar-refractivity contribution in [2.75, 3.05) is 40.9 Å². The zero-order chi connectivity index (χ0) is 30.5. The van der Waals surface area contributed by atoms with Crippen LogP contribution in [-0.2, 0) is 23.2 Å². The van der Waals surface area contributed by atoms with Crippen LogP contribution in [-0.4, -0.2) is 83.8 Å². The van der Waals surface area contributed by atoms with E-state index in [1.165, 1.54) is 38.5 Å². The maximum Gasteiger partial charge on any atom is 0.473 e. The fraction of sp³-hybridized carbons (Fsp3) is 0.933. The van der Waals surface area contributed by atoms with Gasteiger partial charge in [0.25, 0.3) is 0 Å². The van der Waals surface area contributed by atoms with Gasteiger partial charge in [-0.1, -0.05) is 104 Å². The van der Waals surface area contributed by atoms with Gasteiger partial charge >= 0.3 is 7.82 Å². The molecule has 2 atom stereocenters. The summed E-state index contributed by atoms with van der Waals surface area (Å²) in [6, 6.07) is 0. The summed E-state index contributed by atoms with van der Waals surface area (Å²) in [5.41, 5.74) is -2.13. The average molecular weight is 595 g/mol. The molecule has 10 heteroatoms. The van der Waals surface area contributed by atoms with Crippen LogP contribution in [0.2, 0.25) is 0 Å². The molecular formula is C30H61NO8P+. The van der Waals surface area contributed by atoms with Crippen molar-refractivity contribution in [3.8, 4) is 0 Å². The second kappa shape index (κ2) is 21.9. The number of aliphatic hydroxyl groups excluding tert-OH is 2. The first-order valence-corrected chi connectivity index (χ1v) is 17.2. The lowest BCUT2D eigenvalue weighted by atomic mass is 9.86. The van der Waals surface area contributed by atoms with Gasteiger partial charge in [-0.2, -0.15) is 0 Å². The molecule has 0 aromatic rings. The third-order valence-electron chi connectivity index (χ3n) is 7.02. The van der Waals surface area contributed by atoms with Crippen LogP contribution in [0.1, 0.15) is 129 Å². The van der Waals surface area contributed by atoms with Crippen molar-refractivity contribution in [3.05, 3.63) is 0 Å². The first kappa shape index (κ1) is 39.3. The smallest absolute Gasteiger partial charge is 0.394 e. The SMILES string of the molecule is CCCCCCCCCCC(=O)C(C[N+](C)(C)C)(OP(=O)(O)OC[C@H](O)CO)C(=O)CCCCCCCCCC. The highest BCUT2D eigenvalue weighted by Crippen LogP contribution is 2.49. The van der Waals surface area contributed by atoms with Gasteiger partial charge < -0.3 is 19.6 Å². The van der Waals surface area contributed by atoms with Crippen LogP contribution in [0, 0.1) is 0 Å². The second-order valence-corrected chi connectivity index (χ2v) is 13.6. The van der Waals surface area contributed by atoms with Crippen molar-refractivity contribution < 1.29 is 42.8 Å². The highest BCUT2D eigenvalue weighted by atomic mass is 31.2. The monoisotopic (exact) mass is 594 g/mol. The number of nitrogens with zero attached hydrogens (tertiary/aromatic N) is 1. The molecular weight excluding hydrogens is 533 g/mol. The number of carbonyl (C=O) groups is 2. The van der Waals surface area contributed by atoms with E-state index in [1.807, 2.05) is 0 Å². The molecule has 40 heavy (non-hydrogen) atoms. The third kappa shape index (κ3) is 18.7. The number of likely N-dealkylation sites (N-methyl/N-ethyl adjacent to an activating group) is 1. The summed E-state index contributed by atoms with van der Waals surface area (Å²) < 4.78 is 23.6. The highest BCUT2D eigenvalue weighted by Gasteiger charge is 2.54. The average Bonchev–Trinajstić information content (AvgIpc) is 2.88. The fourth-order valence-corrected chi connectivity index (χ4v) is 5.90. The molecule has 0 saturated carbocycles. The number of aliphatic hydroxyl groups is 2. The first-order chi connectivity index (χ1) is 18.8. The second-order valence-electron chi connectivity index (χ2n) is 12.3. The lowest BCUT2D eigenvalue weighted by molar-refractivity contribution is -0.874. The van der Waals surface area contributed by atoms with Gasteiger partial charge in [-0.05, 0) is 12.8 Å². The summed E-state index contributed by atoms with van der Waals surface area (Å²) in [6.07, 6.45) is 15.3. The zero-order valence-corrected chi connectivity index (χ0v) is 27.1. The Morgan fingerprint density at radius 1 is 0.750 bits per heavy atom. The van der Waals surface area contributed by atoms with E-state index in [2.05, 4.69) is 13.8 Å². The van der Waals surface area contributed by atoms with Crippen molar-refractivity contribution >= 4 is 19.4 Å². The molecule has 0 aromatic carbocycles. The van der Waals surface area contributed by atoms with Crippen LogP contribution in [0.5, 0.6) is 0 Å². The van der Waals surface area contributed by atoms with E-state index in [0.29, 0.717) is 12.8 Å². The standard InChI is InChI=1S/C30H60NO8P/c1-6-8-10-12-14-16-18-20-22-28(34)30(26-31(3,4)5,39-40(36,37)38-25-27(33)24-32)29(35)23-21-19-17-15-13-11-9-7-2/h27,32-33H,6-26H2,1-5H3/p+1/t27-/m1/s1. The van der Waals surface area contributed by atoms with Crippen LogP contribution in [0.3, 0.4) is 0 Å². The quantitative estimate of drug-likeness (QED) is 0.0428. The summed E-state index contributed by atoms with van der Waals surface area (Å²) in [4.78, 5) is 38.0. The Morgan fingerprint density at radius 2 is 1.12 bits per heavy atom. The van der Waals surface area contributed by atoms with E-state index in [4.69, 9.17) is 14.2 Å². The largest absolute Gasteiger partial charge is 0.473 e. The van der Waals surface area contributed by atoms with Gasteiger partial charge in [0.1, 0.15) is 12.6 Å². The Balaban J connectivity index is 5.56. The minimum absolute atomic E-state index is 0.0669. The first-order valence-electron chi connectivity index (χ1n) is 15.7. The number of hydrogen-bond acceptors (Lipinski definition) is 7. The molecule has 0 amide bonds. The molecule has 0 spiro atoms. The topological polar surface area (TPSA) is 130 Å². The molecule has 0 aromatic heterocycles. The number of Topliss-reactive ketones (excluding diaryl/α,β-unsaturated/α-hetero) is 2. The van der Waals surface area contributed by atoms with E-state index in [1.54, 1.807) is 21.1 Å². The van der Waals surface area contributed by atoms with Gasteiger partial charge in [0.15, 0.2) is 11.6 Å². The molecule has 0 fully saturated rings. The van der Waals surface area contributed by atoms with Gasteiger partial charge in [0, 0.05) is 12.8 Å². The predicted octanol–water partition coefficient (Wildman–Crippen LogP) is 6.12. The van der Waals surface area contributed by atoms with Crippen LogP contribution < -0.4 is 0 Å². The van der Waals surface area contributed by atoms with E-state index in [9.17, 15) is 24.2 Å². The number of rotatable bonds is 28. The molecule has 0 radical (unpaired) electrons. The number of quaternary nitrogens is 1. The Morgan fingerprint density at radius 3 is 1.48 bits per heavy atom. The van der Waals surface area contributed by atoms with E-state index < -0.39 is 44.3 Å². The lowest BCUT2D eigenvalue weighted by Gasteiger charge is -2.37. The summed E-state index contributed by atoms with van der Waals surface area (Å²) >= 11 is 0. The molecule has 9 nitrogen and oxygen atoms in total. The number of hydrogen-bond donors (Lipinski definition) is 3. The Labute approximate surface area is 244 Å². The summed E-state index contributed by atoms with van der Waals surface area (Å²) in [5.74, 6) is -1.01. The Kier molecular flexibility index (Phi) is 21.6. The molecule has 238 valence electrons. The molecule has 0 aliphatic heterocycles. The van der Waals surface area contributed by atoms with Gasteiger partial charge in [-0.3, -0.25) is 18.6 Å². The van der Waals surface area contributed by atoms with E-state index >= 15 is 0 Å². The highest BCUT2D eigenvalue weighted by molar-refractivity contribution is 7.47. The van der Waals surface area contributed by atoms with Gasteiger partial charge in [0.2, 0.25) is 5.60 Å². The normalized spacial score (nSPS) is 14.7. The number of carbonyl (C=O) groups excluding carboxylic acids is 2.